The number of anilines is 1. The zero-order valence-electron chi connectivity index (χ0n) is 9.28. The van der Waals surface area contributed by atoms with E-state index in [1.807, 2.05) is 0 Å². The van der Waals surface area contributed by atoms with Gasteiger partial charge in [0.05, 0.1) is 7.11 Å². The molecule has 1 aromatic rings. The third-order valence-corrected chi connectivity index (χ3v) is 1.90. The number of esters is 1. The van der Waals surface area contributed by atoms with Crippen LogP contribution in [0.15, 0.2) is 12.3 Å². The number of methoxy groups -OCH3 is 1. The molecule has 17 heavy (non-hydrogen) atoms. The van der Waals surface area contributed by atoms with E-state index in [2.05, 4.69) is 15.2 Å². The molecule has 1 rings (SSSR count). The van der Waals surface area contributed by atoms with Crippen LogP contribution in [0.4, 0.5) is 19.0 Å². The molecule has 0 bridgehead atoms. The van der Waals surface area contributed by atoms with Crippen molar-refractivity contribution in [3.63, 3.8) is 0 Å². The van der Waals surface area contributed by atoms with Crippen LogP contribution in [0, 0.1) is 0 Å². The molecule has 5 nitrogen and oxygen atoms in total. The first-order valence-electron chi connectivity index (χ1n) is 4.76. The SMILES string of the molecule is COC(=O)C(C)Nc1ccn(CC(F)(F)F)n1. The van der Waals surface area contributed by atoms with Gasteiger partial charge in [-0.1, -0.05) is 0 Å². The molecule has 0 aliphatic heterocycles. The van der Waals surface area contributed by atoms with Crippen LogP contribution in [0.1, 0.15) is 6.92 Å². The Kier molecular flexibility index (Phi) is 3.97. The second-order valence-corrected chi connectivity index (χ2v) is 3.40. The Hall–Kier alpha value is -1.73. The lowest BCUT2D eigenvalue weighted by Gasteiger charge is -2.10. The van der Waals surface area contributed by atoms with E-state index in [-0.39, 0.29) is 5.82 Å². The van der Waals surface area contributed by atoms with Gasteiger partial charge in [0.2, 0.25) is 0 Å². The van der Waals surface area contributed by atoms with Crippen molar-refractivity contribution < 1.29 is 22.7 Å². The fourth-order valence-electron chi connectivity index (χ4n) is 1.17. The van der Waals surface area contributed by atoms with Crippen molar-refractivity contribution in [1.29, 1.82) is 0 Å². The van der Waals surface area contributed by atoms with Gasteiger partial charge in [-0.25, -0.2) is 4.79 Å². The Morgan fingerprint density at radius 1 is 1.65 bits per heavy atom. The van der Waals surface area contributed by atoms with Gasteiger partial charge < -0.3 is 10.1 Å². The molecule has 0 fully saturated rings. The minimum absolute atomic E-state index is 0.187. The van der Waals surface area contributed by atoms with Gasteiger partial charge in [0.1, 0.15) is 18.4 Å². The summed E-state index contributed by atoms with van der Waals surface area (Å²) in [6.45, 7) is 0.357. The van der Waals surface area contributed by atoms with E-state index in [1.54, 1.807) is 0 Å². The van der Waals surface area contributed by atoms with Crippen LogP contribution in [0.2, 0.25) is 0 Å². The summed E-state index contributed by atoms with van der Waals surface area (Å²) in [4.78, 5) is 11.1. The maximum atomic E-state index is 12.0. The number of hydrogen-bond acceptors (Lipinski definition) is 4. The van der Waals surface area contributed by atoms with Crippen LogP contribution >= 0.6 is 0 Å². The van der Waals surface area contributed by atoms with Gasteiger partial charge in [-0.2, -0.15) is 18.3 Å². The molecule has 0 aromatic carbocycles. The van der Waals surface area contributed by atoms with Crippen molar-refractivity contribution in [1.82, 2.24) is 9.78 Å². The number of halogens is 3. The molecule has 0 spiro atoms. The number of ether oxygens (including phenoxy) is 1. The zero-order chi connectivity index (χ0) is 13.1. The fraction of sp³-hybridized carbons (Fsp3) is 0.556. The molecule has 8 heteroatoms. The molecule has 0 aliphatic rings. The Bertz CT molecular complexity index is 389. The summed E-state index contributed by atoms with van der Waals surface area (Å²) in [6, 6.07) is 0.680. The summed E-state index contributed by atoms with van der Waals surface area (Å²) >= 11 is 0. The lowest BCUT2D eigenvalue weighted by molar-refractivity contribution is -0.143. The molecule has 0 radical (unpaired) electrons. The highest BCUT2D eigenvalue weighted by Crippen LogP contribution is 2.17. The fourth-order valence-corrected chi connectivity index (χ4v) is 1.17. The van der Waals surface area contributed by atoms with Gasteiger partial charge >= 0.3 is 12.1 Å². The topological polar surface area (TPSA) is 56.1 Å². The molecule has 0 saturated heterocycles. The van der Waals surface area contributed by atoms with Crippen LogP contribution in [0.25, 0.3) is 0 Å². The molecule has 0 saturated carbocycles. The third kappa shape index (κ3) is 4.33. The predicted molar refractivity (Wildman–Crippen MR) is 53.4 cm³/mol. The molecule has 0 amide bonds. The van der Waals surface area contributed by atoms with Gasteiger partial charge in [0.25, 0.3) is 0 Å². The summed E-state index contributed by atoms with van der Waals surface area (Å²) in [5, 5.41) is 6.25. The summed E-state index contributed by atoms with van der Waals surface area (Å²) in [6.07, 6.45) is -3.14. The van der Waals surface area contributed by atoms with Gasteiger partial charge in [0, 0.05) is 12.3 Å². The Balaban J connectivity index is 2.60. The smallest absolute Gasteiger partial charge is 0.408 e. The van der Waals surface area contributed by atoms with E-state index in [1.165, 1.54) is 26.3 Å². The van der Waals surface area contributed by atoms with E-state index in [9.17, 15) is 18.0 Å². The molecule has 1 N–H and O–H groups in total. The van der Waals surface area contributed by atoms with Crippen molar-refractivity contribution in [3.8, 4) is 0 Å². The van der Waals surface area contributed by atoms with Crippen LogP contribution in [0.5, 0.6) is 0 Å². The predicted octanol–water partition coefficient (Wildman–Crippen LogP) is 1.42. The van der Waals surface area contributed by atoms with E-state index in [0.717, 1.165) is 4.68 Å². The van der Waals surface area contributed by atoms with Crippen molar-refractivity contribution in [2.45, 2.75) is 25.7 Å². The highest BCUT2D eigenvalue weighted by atomic mass is 19.4. The number of carbonyl (C=O) groups excluding carboxylic acids is 1. The minimum atomic E-state index is -4.32. The number of nitrogens with zero attached hydrogens (tertiary/aromatic N) is 2. The minimum Gasteiger partial charge on any atom is -0.467 e. The van der Waals surface area contributed by atoms with Crippen molar-refractivity contribution in [2.75, 3.05) is 12.4 Å². The molecule has 1 heterocycles. The molecule has 0 aliphatic carbocycles. The summed E-state index contributed by atoms with van der Waals surface area (Å²) < 4.78 is 41.3. The van der Waals surface area contributed by atoms with Crippen LogP contribution in [-0.4, -0.2) is 35.1 Å². The first-order chi connectivity index (χ1) is 7.81. The van der Waals surface area contributed by atoms with Crippen molar-refractivity contribution in [2.24, 2.45) is 0 Å². The highest BCUT2D eigenvalue weighted by molar-refractivity contribution is 5.78. The summed E-state index contributed by atoms with van der Waals surface area (Å²) in [7, 11) is 1.22. The average Bonchev–Trinajstić information content (AvgIpc) is 2.61. The van der Waals surface area contributed by atoms with E-state index >= 15 is 0 Å². The first-order valence-corrected chi connectivity index (χ1v) is 4.76. The van der Waals surface area contributed by atoms with Crippen molar-refractivity contribution >= 4 is 11.8 Å². The number of aromatic nitrogens is 2. The molecule has 96 valence electrons. The normalized spacial score (nSPS) is 13.2. The van der Waals surface area contributed by atoms with E-state index in [0.29, 0.717) is 0 Å². The van der Waals surface area contributed by atoms with Gasteiger partial charge in [-0.05, 0) is 6.92 Å². The lowest BCUT2D eigenvalue weighted by atomic mass is 10.3. The van der Waals surface area contributed by atoms with E-state index in [4.69, 9.17) is 0 Å². The molecule has 1 atom stereocenters. The number of alkyl halides is 3. The largest absolute Gasteiger partial charge is 0.467 e. The Labute approximate surface area is 95.5 Å². The highest BCUT2D eigenvalue weighted by Gasteiger charge is 2.28. The Morgan fingerprint density at radius 2 is 2.29 bits per heavy atom. The number of rotatable bonds is 4. The second-order valence-electron chi connectivity index (χ2n) is 3.40. The number of hydrogen-bond donors (Lipinski definition) is 1. The number of carbonyl (C=O) groups is 1. The molecular formula is C9H12F3N3O2. The van der Waals surface area contributed by atoms with Crippen molar-refractivity contribution in [3.05, 3.63) is 12.3 Å². The quantitative estimate of drug-likeness (QED) is 0.822. The first kappa shape index (κ1) is 13.3. The monoisotopic (exact) mass is 251 g/mol. The molecule has 1 unspecified atom stereocenters. The van der Waals surface area contributed by atoms with E-state index < -0.39 is 24.7 Å². The van der Waals surface area contributed by atoms with Gasteiger partial charge in [0.15, 0.2) is 0 Å². The summed E-state index contributed by atoms with van der Waals surface area (Å²) in [5.41, 5.74) is 0. The summed E-state index contributed by atoms with van der Waals surface area (Å²) in [5.74, 6) is -0.331. The maximum Gasteiger partial charge on any atom is 0.408 e. The second kappa shape index (κ2) is 5.07. The Morgan fingerprint density at radius 3 is 2.82 bits per heavy atom. The van der Waals surface area contributed by atoms with Gasteiger partial charge in [-0.3, -0.25) is 4.68 Å². The molecule has 1 aromatic heterocycles. The van der Waals surface area contributed by atoms with Crippen LogP contribution in [-0.2, 0) is 16.1 Å². The zero-order valence-corrected chi connectivity index (χ0v) is 9.28. The van der Waals surface area contributed by atoms with Crippen LogP contribution in [0.3, 0.4) is 0 Å². The maximum absolute atomic E-state index is 12.0. The standard InChI is InChI=1S/C9H12F3N3O2/c1-6(8(16)17-2)13-7-3-4-15(14-7)5-9(10,11)12/h3-4,6H,5H2,1-2H3,(H,13,14). The van der Waals surface area contributed by atoms with Gasteiger partial charge in [-0.15, -0.1) is 0 Å². The average molecular weight is 251 g/mol. The lowest BCUT2D eigenvalue weighted by Crippen LogP contribution is -2.27. The third-order valence-electron chi connectivity index (χ3n) is 1.90. The molecular weight excluding hydrogens is 239 g/mol. The van der Waals surface area contributed by atoms with Crippen LogP contribution < -0.4 is 5.32 Å². The number of nitrogens with one attached hydrogen (secondary N) is 1.